The molecular weight excluding hydrogens is 388 g/mol. The lowest BCUT2D eigenvalue weighted by atomic mass is 9.96. The molecule has 0 bridgehead atoms. The van der Waals surface area contributed by atoms with Gasteiger partial charge in [-0.3, -0.25) is 14.4 Å². The number of cyclic esters (lactones) is 1. The smallest absolute Gasteiger partial charge is 0.329 e. The highest BCUT2D eigenvalue weighted by molar-refractivity contribution is 7.13. The summed E-state index contributed by atoms with van der Waals surface area (Å²) < 4.78 is 6.65. The van der Waals surface area contributed by atoms with Gasteiger partial charge in [-0.2, -0.15) is 5.10 Å². The average Bonchev–Trinajstić information content (AvgIpc) is 3.36. The van der Waals surface area contributed by atoms with Crippen LogP contribution in [0.4, 0.5) is 0 Å². The number of nitrogens with zero attached hydrogens (tertiary/aromatic N) is 2. The summed E-state index contributed by atoms with van der Waals surface area (Å²) in [6.45, 7) is 1.50. The highest BCUT2D eigenvalue weighted by Gasteiger charge is 2.36. The minimum absolute atomic E-state index is 0.192. The number of ketones is 2. The summed E-state index contributed by atoms with van der Waals surface area (Å²) in [6, 6.07) is 13.5. The maximum atomic E-state index is 12.5. The van der Waals surface area contributed by atoms with Gasteiger partial charge in [0.2, 0.25) is 0 Å². The van der Waals surface area contributed by atoms with Gasteiger partial charge in [0.05, 0.1) is 10.6 Å². The van der Waals surface area contributed by atoms with Gasteiger partial charge in [-0.05, 0) is 42.7 Å². The Labute approximate surface area is 170 Å². The Bertz CT molecular complexity index is 1140. The number of benzene rings is 1. The van der Waals surface area contributed by atoms with Crippen LogP contribution in [0.5, 0.6) is 0 Å². The predicted molar refractivity (Wildman–Crippen MR) is 109 cm³/mol. The Kier molecular flexibility index (Phi) is 5.05. The number of hydrogen-bond donors (Lipinski definition) is 0. The van der Waals surface area contributed by atoms with E-state index in [9.17, 15) is 14.4 Å². The molecule has 0 N–H and O–H groups in total. The van der Waals surface area contributed by atoms with E-state index in [0.29, 0.717) is 11.3 Å². The van der Waals surface area contributed by atoms with Crippen molar-refractivity contribution < 1.29 is 19.1 Å². The molecule has 0 saturated carbocycles. The molecule has 2 aromatic heterocycles. The summed E-state index contributed by atoms with van der Waals surface area (Å²) in [7, 11) is 0. The second-order valence-electron chi connectivity index (χ2n) is 6.44. The Morgan fingerprint density at radius 2 is 1.97 bits per heavy atom. The molecule has 1 aromatic carbocycles. The molecule has 6 nitrogen and oxygen atoms in total. The van der Waals surface area contributed by atoms with Crippen molar-refractivity contribution in [1.29, 1.82) is 0 Å². The first kappa shape index (κ1) is 18.8. The fourth-order valence-corrected chi connectivity index (χ4v) is 3.73. The van der Waals surface area contributed by atoms with Crippen LogP contribution in [0, 0.1) is 5.92 Å². The van der Waals surface area contributed by atoms with E-state index in [1.807, 2.05) is 47.8 Å². The minimum atomic E-state index is -1.45. The number of para-hydroxylation sites is 1. The van der Waals surface area contributed by atoms with Crippen LogP contribution in [0.15, 0.2) is 72.0 Å². The van der Waals surface area contributed by atoms with Crippen LogP contribution >= 0.6 is 11.3 Å². The third-order valence-electron chi connectivity index (χ3n) is 4.36. The number of aromatic nitrogens is 2. The Hall–Kier alpha value is -3.58. The molecule has 0 fully saturated rings. The van der Waals surface area contributed by atoms with Crippen molar-refractivity contribution in [3.63, 3.8) is 0 Å². The van der Waals surface area contributed by atoms with Gasteiger partial charge in [0.1, 0.15) is 11.5 Å². The molecule has 0 saturated heterocycles. The zero-order valence-corrected chi connectivity index (χ0v) is 16.3. The van der Waals surface area contributed by atoms with Gasteiger partial charge in [-0.15, -0.1) is 11.3 Å². The van der Waals surface area contributed by atoms with Crippen LogP contribution < -0.4 is 0 Å². The zero-order chi connectivity index (χ0) is 20.4. The Morgan fingerprint density at radius 1 is 1.17 bits per heavy atom. The normalized spacial score (nSPS) is 16.7. The molecule has 144 valence electrons. The van der Waals surface area contributed by atoms with Crippen LogP contribution in [-0.4, -0.2) is 27.3 Å². The standard InChI is InChI=1S/C22H16N2O4S/c1-14-12-18(26)20(22(27)28-14)17(25)10-9-15-13-24(16-6-3-2-4-7-16)23-21(15)19-8-5-11-29-19/h2-13,20H,1H3. The number of carbonyl (C=O) groups is 3. The summed E-state index contributed by atoms with van der Waals surface area (Å²) in [6.07, 6.45) is 5.79. The van der Waals surface area contributed by atoms with Crippen LogP contribution in [0.3, 0.4) is 0 Å². The highest BCUT2D eigenvalue weighted by atomic mass is 32.1. The average molecular weight is 404 g/mol. The first-order chi connectivity index (χ1) is 14.0. The molecule has 3 heterocycles. The number of ether oxygens (including phenoxy) is 1. The first-order valence-corrected chi connectivity index (χ1v) is 9.75. The van der Waals surface area contributed by atoms with Gasteiger partial charge in [0, 0.05) is 17.8 Å². The topological polar surface area (TPSA) is 78.3 Å². The van der Waals surface area contributed by atoms with E-state index < -0.39 is 23.5 Å². The van der Waals surface area contributed by atoms with Crippen molar-refractivity contribution in [3.8, 4) is 16.3 Å². The van der Waals surface area contributed by atoms with E-state index in [1.54, 1.807) is 17.0 Å². The number of rotatable bonds is 5. The lowest BCUT2D eigenvalue weighted by molar-refractivity contribution is -0.151. The highest BCUT2D eigenvalue weighted by Crippen LogP contribution is 2.29. The van der Waals surface area contributed by atoms with Gasteiger partial charge in [-0.25, -0.2) is 4.68 Å². The predicted octanol–water partition coefficient (Wildman–Crippen LogP) is 3.83. The van der Waals surface area contributed by atoms with Gasteiger partial charge in [0.15, 0.2) is 17.5 Å². The maximum absolute atomic E-state index is 12.5. The molecule has 1 unspecified atom stereocenters. The molecular formula is C22H16N2O4S. The third kappa shape index (κ3) is 3.86. The van der Waals surface area contributed by atoms with Gasteiger partial charge in [-0.1, -0.05) is 24.3 Å². The molecule has 0 aliphatic carbocycles. The quantitative estimate of drug-likeness (QED) is 0.367. The summed E-state index contributed by atoms with van der Waals surface area (Å²) in [5, 5.41) is 6.59. The molecule has 0 spiro atoms. The van der Waals surface area contributed by atoms with Crippen LogP contribution in [0.1, 0.15) is 12.5 Å². The van der Waals surface area contributed by atoms with E-state index in [2.05, 4.69) is 5.10 Å². The molecule has 1 aliphatic rings. The molecule has 29 heavy (non-hydrogen) atoms. The number of hydrogen-bond acceptors (Lipinski definition) is 6. The van der Waals surface area contributed by atoms with Crippen molar-refractivity contribution in [3.05, 3.63) is 77.5 Å². The van der Waals surface area contributed by atoms with E-state index in [1.165, 1.54) is 30.4 Å². The lowest BCUT2D eigenvalue weighted by Gasteiger charge is -2.15. The van der Waals surface area contributed by atoms with E-state index in [4.69, 9.17) is 4.74 Å². The molecule has 1 aliphatic heterocycles. The number of thiophene rings is 1. The summed E-state index contributed by atoms with van der Waals surface area (Å²) >= 11 is 1.53. The molecule has 7 heteroatoms. The summed E-state index contributed by atoms with van der Waals surface area (Å²) in [5.74, 6) is -3.29. The van der Waals surface area contributed by atoms with Gasteiger partial charge < -0.3 is 4.74 Å². The maximum Gasteiger partial charge on any atom is 0.329 e. The lowest BCUT2D eigenvalue weighted by Crippen LogP contribution is -2.34. The number of allylic oxidation sites excluding steroid dienone is 3. The van der Waals surface area contributed by atoms with E-state index in [0.717, 1.165) is 10.6 Å². The Balaban J connectivity index is 1.67. The van der Waals surface area contributed by atoms with E-state index >= 15 is 0 Å². The molecule has 1 atom stereocenters. The largest absolute Gasteiger partial charge is 0.430 e. The second-order valence-corrected chi connectivity index (χ2v) is 7.39. The summed E-state index contributed by atoms with van der Waals surface area (Å²) in [5.41, 5.74) is 2.29. The van der Waals surface area contributed by atoms with Crippen molar-refractivity contribution in [2.75, 3.05) is 0 Å². The van der Waals surface area contributed by atoms with Crippen LogP contribution in [-0.2, 0) is 19.1 Å². The summed E-state index contributed by atoms with van der Waals surface area (Å²) in [4.78, 5) is 37.5. The van der Waals surface area contributed by atoms with Crippen LogP contribution in [0.2, 0.25) is 0 Å². The van der Waals surface area contributed by atoms with E-state index in [-0.39, 0.29) is 5.76 Å². The second kappa shape index (κ2) is 7.81. The fraction of sp³-hybridized carbons (Fsp3) is 0.0909. The van der Waals surface area contributed by atoms with Crippen molar-refractivity contribution in [2.24, 2.45) is 5.92 Å². The fourth-order valence-electron chi connectivity index (χ4n) is 3.00. The van der Waals surface area contributed by atoms with Crippen molar-refractivity contribution in [2.45, 2.75) is 6.92 Å². The third-order valence-corrected chi connectivity index (χ3v) is 5.23. The van der Waals surface area contributed by atoms with Crippen molar-refractivity contribution in [1.82, 2.24) is 9.78 Å². The van der Waals surface area contributed by atoms with Crippen LogP contribution in [0.25, 0.3) is 22.3 Å². The molecule has 0 amide bonds. The monoisotopic (exact) mass is 404 g/mol. The molecule has 3 aromatic rings. The zero-order valence-electron chi connectivity index (χ0n) is 15.4. The van der Waals surface area contributed by atoms with Gasteiger partial charge >= 0.3 is 5.97 Å². The van der Waals surface area contributed by atoms with Crippen molar-refractivity contribution >= 4 is 34.9 Å². The van der Waals surface area contributed by atoms with Gasteiger partial charge in [0.25, 0.3) is 0 Å². The molecule has 0 radical (unpaired) electrons. The number of carbonyl (C=O) groups excluding carboxylic acids is 3. The SMILES string of the molecule is CC1=CC(=O)C(C(=O)C=Cc2cn(-c3ccccc3)nc2-c2cccs2)C(=O)O1. The molecule has 4 rings (SSSR count). The first-order valence-electron chi connectivity index (χ1n) is 8.87. The minimum Gasteiger partial charge on any atom is -0.430 e. The Morgan fingerprint density at radius 3 is 2.66 bits per heavy atom. The number of esters is 1.